The van der Waals surface area contributed by atoms with Gasteiger partial charge < -0.3 is 10.2 Å². The molecule has 0 aliphatic rings. The summed E-state index contributed by atoms with van der Waals surface area (Å²) >= 11 is 4.77. The Balaban J connectivity index is 1.96. The van der Waals surface area contributed by atoms with Crippen LogP contribution in [0.15, 0.2) is 26.4 Å². The molecule has 0 spiro atoms. The molecule has 0 amide bonds. The number of thioether (sulfide) groups is 1. The van der Waals surface area contributed by atoms with Crippen molar-refractivity contribution in [2.24, 2.45) is 5.73 Å². The molecule has 0 fully saturated rings. The number of hydrogen-bond donors (Lipinski definition) is 1. The summed E-state index contributed by atoms with van der Waals surface area (Å²) in [5.41, 5.74) is 5.45. The van der Waals surface area contributed by atoms with E-state index < -0.39 is 0 Å². The van der Waals surface area contributed by atoms with Crippen LogP contribution in [0.1, 0.15) is 5.76 Å². The predicted molar refractivity (Wildman–Crippen MR) is 62.8 cm³/mol. The highest BCUT2D eigenvalue weighted by molar-refractivity contribution is 9.10. The molecular weight excluding hydrogens is 294 g/mol. The van der Waals surface area contributed by atoms with Crippen LogP contribution in [0.2, 0.25) is 0 Å². The SMILES string of the molecule is NCCn1nnnc1SCc1ccc(Br)o1. The van der Waals surface area contributed by atoms with Gasteiger partial charge in [0.1, 0.15) is 5.76 Å². The lowest BCUT2D eigenvalue weighted by molar-refractivity contribution is 0.506. The smallest absolute Gasteiger partial charge is 0.209 e. The molecule has 86 valence electrons. The number of hydrogen-bond acceptors (Lipinski definition) is 6. The minimum absolute atomic E-state index is 0.519. The lowest BCUT2D eigenvalue weighted by Gasteiger charge is -2.00. The molecule has 0 saturated carbocycles. The van der Waals surface area contributed by atoms with E-state index >= 15 is 0 Å². The predicted octanol–water partition coefficient (Wildman–Crippen LogP) is 1.28. The quantitative estimate of drug-likeness (QED) is 0.838. The van der Waals surface area contributed by atoms with Gasteiger partial charge >= 0.3 is 0 Å². The lowest BCUT2D eigenvalue weighted by atomic mass is 10.5. The molecular formula is C8H10BrN5OS. The second-order valence-corrected chi connectivity index (χ2v) is 4.69. The summed E-state index contributed by atoms with van der Waals surface area (Å²) < 4.78 is 7.78. The molecule has 0 bridgehead atoms. The van der Waals surface area contributed by atoms with Gasteiger partial charge in [0.2, 0.25) is 5.16 Å². The van der Waals surface area contributed by atoms with Gasteiger partial charge in [-0.1, -0.05) is 11.8 Å². The van der Waals surface area contributed by atoms with Gasteiger partial charge in [-0.3, -0.25) is 0 Å². The van der Waals surface area contributed by atoms with E-state index in [4.69, 9.17) is 10.2 Å². The van der Waals surface area contributed by atoms with Crippen LogP contribution in [0.4, 0.5) is 0 Å². The number of nitrogens with zero attached hydrogens (tertiary/aromatic N) is 4. The van der Waals surface area contributed by atoms with Gasteiger partial charge in [-0.25, -0.2) is 4.68 Å². The number of tetrazole rings is 1. The molecule has 16 heavy (non-hydrogen) atoms. The largest absolute Gasteiger partial charge is 0.453 e. The van der Waals surface area contributed by atoms with Crippen molar-refractivity contribution < 1.29 is 4.42 Å². The van der Waals surface area contributed by atoms with Crippen LogP contribution in [0, 0.1) is 0 Å². The van der Waals surface area contributed by atoms with E-state index in [0.29, 0.717) is 18.8 Å². The van der Waals surface area contributed by atoms with E-state index in [1.807, 2.05) is 12.1 Å². The minimum Gasteiger partial charge on any atom is -0.453 e. The van der Waals surface area contributed by atoms with Crippen LogP contribution in [-0.4, -0.2) is 26.8 Å². The van der Waals surface area contributed by atoms with E-state index in [1.54, 1.807) is 4.68 Å². The molecule has 0 atom stereocenters. The zero-order chi connectivity index (χ0) is 11.4. The fourth-order valence-corrected chi connectivity index (χ4v) is 2.27. The maximum Gasteiger partial charge on any atom is 0.209 e. The molecule has 0 radical (unpaired) electrons. The Bertz CT molecular complexity index is 457. The number of nitrogens with two attached hydrogens (primary N) is 1. The normalized spacial score (nSPS) is 10.9. The average Bonchev–Trinajstić information content (AvgIpc) is 2.85. The number of rotatable bonds is 5. The highest BCUT2D eigenvalue weighted by atomic mass is 79.9. The summed E-state index contributed by atoms with van der Waals surface area (Å²) in [4.78, 5) is 0. The molecule has 0 aromatic carbocycles. The van der Waals surface area contributed by atoms with Crippen molar-refractivity contribution in [2.45, 2.75) is 17.5 Å². The van der Waals surface area contributed by atoms with E-state index in [9.17, 15) is 0 Å². The van der Waals surface area contributed by atoms with Gasteiger partial charge in [-0.15, -0.1) is 5.10 Å². The molecule has 2 aromatic rings. The molecule has 2 N–H and O–H groups in total. The van der Waals surface area contributed by atoms with E-state index in [-0.39, 0.29) is 0 Å². The van der Waals surface area contributed by atoms with Gasteiger partial charge in [0.15, 0.2) is 4.67 Å². The van der Waals surface area contributed by atoms with Crippen molar-refractivity contribution in [3.05, 3.63) is 22.6 Å². The Morgan fingerprint density at radius 3 is 3.06 bits per heavy atom. The second-order valence-electron chi connectivity index (χ2n) is 2.97. The molecule has 0 unspecified atom stereocenters. The minimum atomic E-state index is 0.519. The molecule has 2 aromatic heterocycles. The molecule has 8 heteroatoms. The fourth-order valence-electron chi connectivity index (χ4n) is 1.13. The fraction of sp³-hybridized carbons (Fsp3) is 0.375. The molecule has 6 nitrogen and oxygen atoms in total. The molecule has 0 saturated heterocycles. The maximum atomic E-state index is 5.45. The number of aromatic nitrogens is 4. The van der Waals surface area contributed by atoms with E-state index in [0.717, 1.165) is 15.6 Å². The van der Waals surface area contributed by atoms with Crippen molar-refractivity contribution in [3.63, 3.8) is 0 Å². The van der Waals surface area contributed by atoms with Crippen molar-refractivity contribution >= 4 is 27.7 Å². The van der Waals surface area contributed by atoms with E-state index in [2.05, 4.69) is 31.5 Å². The van der Waals surface area contributed by atoms with Gasteiger partial charge in [0, 0.05) is 6.54 Å². The summed E-state index contributed by atoms with van der Waals surface area (Å²) in [7, 11) is 0. The van der Waals surface area contributed by atoms with Crippen LogP contribution in [0.5, 0.6) is 0 Å². The summed E-state index contributed by atoms with van der Waals surface area (Å²) in [5.74, 6) is 1.57. The molecule has 0 aliphatic heterocycles. The van der Waals surface area contributed by atoms with E-state index in [1.165, 1.54) is 11.8 Å². The first-order valence-electron chi connectivity index (χ1n) is 4.63. The summed E-state index contributed by atoms with van der Waals surface area (Å²) in [6, 6.07) is 3.77. The van der Waals surface area contributed by atoms with Crippen molar-refractivity contribution in [2.75, 3.05) is 6.54 Å². The summed E-state index contributed by atoms with van der Waals surface area (Å²) in [6.07, 6.45) is 0. The second kappa shape index (κ2) is 5.46. The Hall–Kier alpha value is -0.860. The molecule has 2 heterocycles. The summed E-state index contributed by atoms with van der Waals surface area (Å²) in [6.45, 7) is 1.14. The van der Waals surface area contributed by atoms with Crippen LogP contribution in [0.3, 0.4) is 0 Å². The highest BCUT2D eigenvalue weighted by Crippen LogP contribution is 2.22. The van der Waals surface area contributed by atoms with Crippen LogP contribution in [-0.2, 0) is 12.3 Å². The van der Waals surface area contributed by atoms with Gasteiger partial charge in [-0.2, -0.15) is 0 Å². The third-order valence-corrected chi connectivity index (χ3v) is 3.22. The first-order valence-corrected chi connectivity index (χ1v) is 6.40. The highest BCUT2D eigenvalue weighted by Gasteiger charge is 2.07. The third kappa shape index (κ3) is 2.83. The van der Waals surface area contributed by atoms with Gasteiger partial charge in [0.25, 0.3) is 0 Å². The van der Waals surface area contributed by atoms with Crippen molar-refractivity contribution in [1.29, 1.82) is 0 Å². The first kappa shape index (κ1) is 11.6. The Morgan fingerprint density at radius 1 is 1.50 bits per heavy atom. The average molecular weight is 304 g/mol. The summed E-state index contributed by atoms with van der Waals surface area (Å²) in [5, 5.41) is 12.1. The molecule has 2 rings (SSSR count). The standard InChI is InChI=1S/C8H10BrN5OS/c9-7-2-1-6(15-7)5-16-8-11-12-13-14(8)4-3-10/h1-2H,3-5,10H2. The zero-order valence-corrected chi connectivity index (χ0v) is 10.7. The van der Waals surface area contributed by atoms with Gasteiger partial charge in [-0.05, 0) is 38.5 Å². The number of furan rings is 1. The van der Waals surface area contributed by atoms with Crippen molar-refractivity contribution in [3.8, 4) is 0 Å². The molecule has 0 aliphatic carbocycles. The topological polar surface area (TPSA) is 82.8 Å². The van der Waals surface area contributed by atoms with Crippen LogP contribution < -0.4 is 5.73 Å². The monoisotopic (exact) mass is 303 g/mol. The third-order valence-electron chi connectivity index (χ3n) is 1.81. The lowest BCUT2D eigenvalue weighted by Crippen LogP contribution is -2.12. The first-order chi connectivity index (χ1) is 7.79. The Labute approximate surface area is 105 Å². The van der Waals surface area contributed by atoms with Crippen LogP contribution in [0.25, 0.3) is 0 Å². The maximum absolute atomic E-state index is 5.45. The zero-order valence-electron chi connectivity index (χ0n) is 8.34. The number of halogens is 1. The Kier molecular flexibility index (Phi) is 3.97. The Morgan fingerprint density at radius 2 is 2.38 bits per heavy atom. The van der Waals surface area contributed by atoms with Crippen LogP contribution >= 0.6 is 27.7 Å². The van der Waals surface area contributed by atoms with Gasteiger partial charge in [0.05, 0.1) is 12.3 Å². The van der Waals surface area contributed by atoms with Crippen molar-refractivity contribution in [1.82, 2.24) is 20.2 Å².